The maximum Gasteiger partial charge on any atom is 0.326 e. The Kier molecular flexibility index (Phi) is 7.60. The Morgan fingerprint density at radius 3 is 2.47 bits per heavy atom. The summed E-state index contributed by atoms with van der Waals surface area (Å²) in [6.45, 7) is 0.278. The van der Waals surface area contributed by atoms with Gasteiger partial charge in [-0.15, -0.1) is 11.3 Å². The lowest BCUT2D eigenvalue weighted by Crippen LogP contribution is -2.41. The largest absolute Gasteiger partial charge is 0.480 e. The van der Waals surface area contributed by atoms with Crippen molar-refractivity contribution in [2.75, 3.05) is 17.0 Å². The van der Waals surface area contributed by atoms with E-state index in [0.717, 1.165) is 11.3 Å². The second-order valence-corrected chi connectivity index (χ2v) is 8.78. The van der Waals surface area contributed by atoms with Crippen LogP contribution < -0.4 is 26.8 Å². The predicted octanol–water partition coefficient (Wildman–Crippen LogP) is 0.577. The first-order valence-corrected chi connectivity index (χ1v) is 11.0. The molecule has 13 heteroatoms. The topological polar surface area (TPSA) is 200 Å². The van der Waals surface area contributed by atoms with Gasteiger partial charge in [0, 0.05) is 12.2 Å². The fourth-order valence-electron chi connectivity index (χ4n) is 2.43. The number of carboxylic acid groups (broad SMARTS) is 1. The Morgan fingerprint density at radius 2 is 1.87 bits per heavy atom. The third-order valence-corrected chi connectivity index (χ3v) is 6.19. The molecule has 0 aliphatic carbocycles. The molecule has 0 aliphatic heterocycles. The number of nitrogens with two attached hydrogens (primary N) is 2. The number of anilines is 2. The molecule has 0 saturated carbocycles. The fourth-order valence-corrected chi connectivity index (χ4v) is 4.32. The van der Waals surface area contributed by atoms with E-state index in [1.54, 1.807) is 0 Å². The van der Waals surface area contributed by atoms with E-state index in [1.165, 1.54) is 35.7 Å². The van der Waals surface area contributed by atoms with E-state index in [0.29, 0.717) is 12.1 Å². The first kappa shape index (κ1) is 23.0. The van der Waals surface area contributed by atoms with Crippen LogP contribution in [-0.2, 0) is 14.8 Å². The summed E-state index contributed by atoms with van der Waals surface area (Å²) in [6, 6.07) is 5.78. The number of thiophene rings is 1. The van der Waals surface area contributed by atoms with E-state index in [-0.39, 0.29) is 34.4 Å². The maximum atomic E-state index is 12.6. The zero-order valence-electron chi connectivity index (χ0n) is 15.7. The van der Waals surface area contributed by atoms with E-state index < -0.39 is 27.9 Å². The van der Waals surface area contributed by atoms with Crippen molar-refractivity contribution < 1.29 is 23.1 Å². The van der Waals surface area contributed by atoms with Gasteiger partial charge in [-0.25, -0.2) is 13.2 Å². The van der Waals surface area contributed by atoms with Gasteiger partial charge in [-0.1, -0.05) is 0 Å². The van der Waals surface area contributed by atoms with E-state index in [4.69, 9.17) is 16.9 Å². The highest BCUT2D eigenvalue weighted by atomic mass is 32.2. The second-order valence-electron chi connectivity index (χ2n) is 6.18. The van der Waals surface area contributed by atoms with Gasteiger partial charge in [-0.3, -0.25) is 14.9 Å². The molecule has 0 fully saturated rings. The molecule has 1 aromatic carbocycles. The van der Waals surface area contributed by atoms with Crippen LogP contribution in [0.1, 0.15) is 22.5 Å². The first-order chi connectivity index (χ1) is 14.1. The van der Waals surface area contributed by atoms with E-state index in [2.05, 4.69) is 15.4 Å². The first-order valence-electron chi connectivity index (χ1n) is 8.67. The van der Waals surface area contributed by atoms with Gasteiger partial charge in [0.15, 0.2) is 5.96 Å². The minimum Gasteiger partial charge on any atom is -0.480 e. The molecule has 11 nitrogen and oxygen atoms in total. The molecule has 1 amide bonds. The quantitative estimate of drug-likeness (QED) is 0.117. The summed E-state index contributed by atoms with van der Waals surface area (Å²) in [5, 5.41) is 22.8. The van der Waals surface area contributed by atoms with Crippen molar-refractivity contribution >= 4 is 50.6 Å². The molecule has 1 atom stereocenters. The van der Waals surface area contributed by atoms with Crippen LogP contribution in [0.3, 0.4) is 0 Å². The van der Waals surface area contributed by atoms with Crippen molar-refractivity contribution in [2.24, 2.45) is 5.73 Å². The van der Waals surface area contributed by atoms with Gasteiger partial charge in [0.2, 0.25) is 0 Å². The third-order valence-electron chi connectivity index (χ3n) is 3.89. The zero-order valence-corrected chi connectivity index (χ0v) is 17.3. The average Bonchev–Trinajstić information content (AvgIpc) is 3.11. The van der Waals surface area contributed by atoms with Gasteiger partial charge in [0.05, 0.1) is 10.6 Å². The van der Waals surface area contributed by atoms with Gasteiger partial charge in [0.25, 0.3) is 15.9 Å². The molecule has 9 N–H and O–H groups in total. The number of sulfonamides is 1. The Hall–Kier alpha value is -3.32. The molecule has 1 aromatic heterocycles. The number of nitrogen functional groups attached to an aromatic ring is 1. The standard InChI is InChI=1S/C17H22N6O5S2/c18-10-3-5-11(6-4-10)30(27,28)23-12-7-9-29-14(12)15(24)22-13(16(25)26)2-1-8-21-17(19)20/h3-7,9,13,23H,1-2,8,18H2,(H,22,24)(H,25,26)(H4,19,20,21)/t13-/m0/s1. The van der Waals surface area contributed by atoms with Crippen molar-refractivity contribution in [1.29, 1.82) is 5.41 Å². The van der Waals surface area contributed by atoms with Crippen molar-refractivity contribution in [3.8, 4) is 0 Å². The number of nitrogens with one attached hydrogen (secondary N) is 4. The SMILES string of the molecule is N=C(N)NCCC[C@H](NC(=O)c1sccc1NS(=O)(=O)c1ccc(N)cc1)C(=O)O. The molecule has 162 valence electrons. The van der Waals surface area contributed by atoms with Gasteiger partial charge in [-0.05, 0) is 48.6 Å². The van der Waals surface area contributed by atoms with E-state index >= 15 is 0 Å². The van der Waals surface area contributed by atoms with Gasteiger partial charge in [-0.2, -0.15) is 0 Å². The normalized spacial score (nSPS) is 12.0. The summed E-state index contributed by atoms with van der Waals surface area (Å²) >= 11 is 0.973. The van der Waals surface area contributed by atoms with Gasteiger partial charge in [0.1, 0.15) is 10.9 Å². The molecule has 0 radical (unpaired) electrons. The number of carboxylic acids is 1. The number of carbonyl (C=O) groups is 2. The summed E-state index contributed by atoms with van der Waals surface area (Å²) in [5.41, 5.74) is 11.2. The van der Waals surface area contributed by atoms with Crippen LogP contribution in [0.4, 0.5) is 11.4 Å². The summed E-state index contributed by atoms with van der Waals surface area (Å²) in [6.07, 6.45) is 0.442. The minimum atomic E-state index is -3.96. The molecule has 0 spiro atoms. The molecule has 0 aliphatic rings. The Balaban J connectivity index is 2.08. The number of rotatable bonds is 10. The third kappa shape index (κ3) is 6.35. The van der Waals surface area contributed by atoms with Crippen LogP contribution in [0.15, 0.2) is 40.6 Å². The van der Waals surface area contributed by atoms with Crippen LogP contribution in [0, 0.1) is 5.41 Å². The van der Waals surface area contributed by atoms with Crippen LogP contribution in [0.25, 0.3) is 0 Å². The molecule has 0 saturated heterocycles. The number of benzene rings is 1. The average molecular weight is 455 g/mol. The summed E-state index contributed by atoms with van der Waals surface area (Å²) in [5.74, 6) is -2.18. The predicted molar refractivity (Wildman–Crippen MR) is 114 cm³/mol. The van der Waals surface area contributed by atoms with Gasteiger partial charge >= 0.3 is 5.97 Å². The van der Waals surface area contributed by atoms with Gasteiger partial charge < -0.3 is 27.2 Å². The maximum absolute atomic E-state index is 12.6. The van der Waals surface area contributed by atoms with Crippen LogP contribution in [0.5, 0.6) is 0 Å². The number of carbonyl (C=O) groups excluding carboxylic acids is 1. The summed E-state index contributed by atoms with van der Waals surface area (Å²) in [4.78, 5) is 24.0. The number of aliphatic carboxylic acids is 1. The van der Waals surface area contributed by atoms with Crippen molar-refractivity contribution in [2.45, 2.75) is 23.8 Å². The highest BCUT2D eigenvalue weighted by molar-refractivity contribution is 7.92. The minimum absolute atomic E-state index is 0.0298. The number of guanidine groups is 1. The molecule has 1 heterocycles. The van der Waals surface area contributed by atoms with Crippen molar-refractivity contribution in [3.05, 3.63) is 40.6 Å². The highest BCUT2D eigenvalue weighted by Crippen LogP contribution is 2.25. The smallest absolute Gasteiger partial charge is 0.326 e. The Morgan fingerprint density at radius 1 is 1.20 bits per heavy atom. The lowest BCUT2D eigenvalue weighted by Gasteiger charge is -2.15. The molecule has 0 unspecified atom stereocenters. The monoisotopic (exact) mass is 454 g/mol. The van der Waals surface area contributed by atoms with Crippen LogP contribution in [-0.4, -0.2) is 43.9 Å². The van der Waals surface area contributed by atoms with Crippen LogP contribution >= 0.6 is 11.3 Å². The lowest BCUT2D eigenvalue weighted by molar-refractivity contribution is -0.139. The number of hydrogen-bond acceptors (Lipinski definition) is 7. The Labute approximate surface area is 177 Å². The molecular weight excluding hydrogens is 432 g/mol. The van der Waals surface area contributed by atoms with Crippen molar-refractivity contribution in [1.82, 2.24) is 10.6 Å². The zero-order chi connectivity index (χ0) is 22.3. The highest BCUT2D eigenvalue weighted by Gasteiger charge is 2.24. The molecule has 2 aromatic rings. The molecule has 2 rings (SSSR count). The second kappa shape index (κ2) is 9.93. The summed E-state index contributed by atoms with van der Waals surface area (Å²) in [7, 11) is -3.96. The fraction of sp³-hybridized carbons (Fsp3) is 0.235. The Bertz CT molecular complexity index is 1020. The lowest BCUT2D eigenvalue weighted by atomic mass is 10.1. The molecular formula is C17H22N6O5S2. The van der Waals surface area contributed by atoms with E-state index in [1.807, 2.05) is 0 Å². The van der Waals surface area contributed by atoms with Crippen molar-refractivity contribution in [3.63, 3.8) is 0 Å². The molecule has 0 bridgehead atoms. The number of amides is 1. The van der Waals surface area contributed by atoms with Crippen LogP contribution in [0.2, 0.25) is 0 Å². The molecule has 30 heavy (non-hydrogen) atoms. The number of hydrogen-bond donors (Lipinski definition) is 7. The summed E-state index contributed by atoms with van der Waals surface area (Å²) < 4.78 is 27.4. The van der Waals surface area contributed by atoms with E-state index in [9.17, 15) is 23.1 Å².